The van der Waals surface area contributed by atoms with Crippen LogP contribution in [0.3, 0.4) is 0 Å². The fourth-order valence-corrected chi connectivity index (χ4v) is 9.05. The Hall–Kier alpha value is -6.06. The molecular weight excluding hydrogens is 633 g/mol. The van der Waals surface area contributed by atoms with E-state index < -0.39 is 0 Å². The Labute approximate surface area is 306 Å². The van der Waals surface area contributed by atoms with Gasteiger partial charge < -0.3 is 14.5 Å². The summed E-state index contributed by atoms with van der Waals surface area (Å²) in [6.07, 6.45) is 0. The molecular formula is C49H40N2O. The van der Waals surface area contributed by atoms with Gasteiger partial charge >= 0.3 is 0 Å². The van der Waals surface area contributed by atoms with E-state index in [0.29, 0.717) is 0 Å². The highest BCUT2D eigenvalue weighted by Crippen LogP contribution is 2.61. The maximum Gasteiger partial charge on any atom is 0.151 e. The van der Waals surface area contributed by atoms with Gasteiger partial charge in [0.1, 0.15) is 0 Å². The second-order valence-corrected chi connectivity index (χ2v) is 15.5. The number of para-hydroxylation sites is 2. The van der Waals surface area contributed by atoms with Crippen LogP contribution in [0.15, 0.2) is 152 Å². The van der Waals surface area contributed by atoms with E-state index in [0.717, 1.165) is 39.9 Å². The van der Waals surface area contributed by atoms with Gasteiger partial charge in [0.25, 0.3) is 0 Å². The van der Waals surface area contributed by atoms with Gasteiger partial charge in [-0.05, 0) is 112 Å². The minimum Gasteiger partial charge on any atom is -0.453 e. The number of anilines is 6. The van der Waals surface area contributed by atoms with Crippen molar-refractivity contribution in [3.8, 4) is 33.8 Å². The molecule has 7 aromatic rings. The molecule has 52 heavy (non-hydrogen) atoms. The Kier molecular flexibility index (Phi) is 6.48. The van der Waals surface area contributed by atoms with Gasteiger partial charge in [-0.15, -0.1) is 0 Å². The third-order valence-electron chi connectivity index (χ3n) is 11.7. The number of fused-ring (bicyclic) bond motifs is 7. The van der Waals surface area contributed by atoms with Gasteiger partial charge in [0.2, 0.25) is 0 Å². The van der Waals surface area contributed by atoms with E-state index in [2.05, 4.69) is 196 Å². The van der Waals surface area contributed by atoms with E-state index in [1.807, 2.05) is 0 Å². The Morgan fingerprint density at radius 1 is 0.462 bits per heavy atom. The van der Waals surface area contributed by atoms with E-state index >= 15 is 0 Å². The minimum atomic E-state index is -0.282. The van der Waals surface area contributed by atoms with Crippen molar-refractivity contribution < 1.29 is 4.74 Å². The van der Waals surface area contributed by atoms with Crippen LogP contribution in [0.1, 0.15) is 55.5 Å². The lowest BCUT2D eigenvalue weighted by Crippen LogP contribution is -2.33. The monoisotopic (exact) mass is 672 g/mol. The van der Waals surface area contributed by atoms with Gasteiger partial charge in [0, 0.05) is 27.9 Å². The molecule has 0 saturated heterocycles. The quantitative estimate of drug-likeness (QED) is 0.185. The molecule has 0 unspecified atom stereocenters. The van der Waals surface area contributed by atoms with E-state index in [9.17, 15) is 0 Å². The van der Waals surface area contributed by atoms with Crippen LogP contribution in [-0.4, -0.2) is 0 Å². The van der Waals surface area contributed by atoms with Crippen molar-refractivity contribution in [2.45, 2.75) is 45.4 Å². The lowest BCUT2D eigenvalue weighted by atomic mass is 9.73. The summed E-state index contributed by atoms with van der Waals surface area (Å²) in [6.45, 7) is 11.6. The van der Waals surface area contributed by atoms with Crippen molar-refractivity contribution in [2.75, 3.05) is 9.80 Å². The zero-order valence-corrected chi connectivity index (χ0v) is 30.2. The van der Waals surface area contributed by atoms with Crippen LogP contribution in [0.25, 0.3) is 22.3 Å². The second kappa shape index (κ2) is 11.0. The van der Waals surface area contributed by atoms with Crippen LogP contribution in [0.5, 0.6) is 11.5 Å². The van der Waals surface area contributed by atoms with Gasteiger partial charge in [-0.25, -0.2) is 0 Å². The Morgan fingerprint density at radius 3 is 1.88 bits per heavy atom. The zero-order valence-electron chi connectivity index (χ0n) is 30.2. The van der Waals surface area contributed by atoms with Crippen molar-refractivity contribution in [3.63, 3.8) is 0 Å². The summed E-state index contributed by atoms with van der Waals surface area (Å²) < 4.78 is 6.57. The molecule has 0 N–H and O–H groups in total. The number of aryl methyl sites for hydroxylation is 1. The van der Waals surface area contributed by atoms with Crippen LogP contribution < -0.4 is 14.5 Å². The van der Waals surface area contributed by atoms with Crippen molar-refractivity contribution in [2.24, 2.45) is 0 Å². The molecule has 7 aromatic carbocycles. The van der Waals surface area contributed by atoms with Crippen LogP contribution in [-0.2, 0) is 10.8 Å². The number of ether oxygens (including phenoxy) is 1. The van der Waals surface area contributed by atoms with E-state index in [1.165, 1.54) is 55.8 Å². The van der Waals surface area contributed by atoms with E-state index in [1.54, 1.807) is 0 Å². The van der Waals surface area contributed by atoms with Crippen LogP contribution >= 0.6 is 0 Å². The van der Waals surface area contributed by atoms with E-state index in [-0.39, 0.29) is 10.8 Å². The first-order chi connectivity index (χ1) is 25.2. The molecule has 0 atom stereocenters. The molecule has 0 fully saturated rings. The smallest absolute Gasteiger partial charge is 0.151 e. The van der Waals surface area contributed by atoms with Gasteiger partial charge in [-0.2, -0.15) is 0 Å². The number of hydrogen-bond acceptors (Lipinski definition) is 3. The number of hydrogen-bond donors (Lipinski definition) is 0. The predicted molar refractivity (Wildman–Crippen MR) is 216 cm³/mol. The highest BCUT2D eigenvalue weighted by atomic mass is 16.5. The van der Waals surface area contributed by atoms with Crippen LogP contribution in [0, 0.1) is 6.92 Å². The third kappa shape index (κ3) is 4.32. The van der Waals surface area contributed by atoms with Gasteiger partial charge in [0.15, 0.2) is 11.5 Å². The molecule has 0 radical (unpaired) electrons. The third-order valence-corrected chi connectivity index (χ3v) is 11.7. The fourth-order valence-electron chi connectivity index (χ4n) is 9.05. The molecule has 0 aromatic heterocycles. The molecule has 3 nitrogen and oxygen atoms in total. The summed E-state index contributed by atoms with van der Waals surface area (Å²) in [5, 5.41) is 0. The molecule has 0 spiro atoms. The standard InChI is InChI=1S/C49H40N2O/c1-31-14-11-22-44-46(31)51-43-27-25-36(30-42(43)49(4,5)40-21-13-23-45(52-44)47(40)51)50(34-18-12-17-33(28-34)32-15-7-6-8-16-32)35-24-26-38-37-19-9-10-20-39(37)48(2,3)41(38)29-35/h6-30H,1-5H3. The van der Waals surface area contributed by atoms with Gasteiger partial charge in [0.05, 0.1) is 17.1 Å². The summed E-state index contributed by atoms with van der Waals surface area (Å²) in [4.78, 5) is 4.89. The predicted octanol–water partition coefficient (Wildman–Crippen LogP) is 13.7. The van der Waals surface area contributed by atoms with Crippen molar-refractivity contribution >= 4 is 34.1 Å². The first-order valence-electron chi connectivity index (χ1n) is 18.3. The highest BCUT2D eigenvalue weighted by molar-refractivity contribution is 5.95. The van der Waals surface area contributed by atoms with Crippen molar-refractivity contribution in [1.82, 2.24) is 0 Å². The highest BCUT2D eigenvalue weighted by Gasteiger charge is 2.42. The van der Waals surface area contributed by atoms with Gasteiger partial charge in [-0.3, -0.25) is 0 Å². The number of benzene rings is 7. The Morgan fingerprint density at radius 2 is 1.06 bits per heavy atom. The molecule has 0 amide bonds. The molecule has 1 aliphatic carbocycles. The topological polar surface area (TPSA) is 15.7 Å². The average molecular weight is 673 g/mol. The summed E-state index contributed by atoms with van der Waals surface area (Å²) in [7, 11) is 0. The number of nitrogens with zero attached hydrogens (tertiary/aromatic N) is 2. The Balaban J connectivity index is 1.19. The maximum absolute atomic E-state index is 6.57. The van der Waals surface area contributed by atoms with Crippen LogP contribution in [0.4, 0.5) is 34.1 Å². The lowest BCUT2D eigenvalue weighted by molar-refractivity contribution is 0.471. The first-order valence-corrected chi connectivity index (χ1v) is 18.3. The van der Waals surface area contributed by atoms with Crippen molar-refractivity contribution in [3.05, 3.63) is 179 Å². The molecule has 0 bridgehead atoms. The molecule has 252 valence electrons. The second-order valence-electron chi connectivity index (χ2n) is 15.5. The molecule has 3 heteroatoms. The summed E-state index contributed by atoms with van der Waals surface area (Å²) in [5.74, 6) is 1.79. The largest absolute Gasteiger partial charge is 0.453 e. The molecule has 2 heterocycles. The molecule has 2 aliphatic heterocycles. The summed E-state index contributed by atoms with van der Waals surface area (Å²) >= 11 is 0. The Bertz CT molecular complexity index is 2580. The minimum absolute atomic E-state index is 0.111. The maximum atomic E-state index is 6.57. The SMILES string of the molecule is Cc1cccc2c1N1c3ccc(N(c4cccc(-c5ccccc5)c4)c4ccc5c(c4)C(C)(C)c4ccccc4-5)cc3C(C)(C)c3cccc(c31)O2. The molecule has 0 saturated carbocycles. The van der Waals surface area contributed by atoms with Crippen molar-refractivity contribution in [1.29, 1.82) is 0 Å². The zero-order chi connectivity index (χ0) is 35.4. The number of rotatable bonds is 4. The summed E-state index contributed by atoms with van der Waals surface area (Å²) in [5.41, 5.74) is 18.0. The average Bonchev–Trinajstić information content (AvgIpc) is 3.39. The lowest BCUT2D eigenvalue weighted by Gasteiger charge is -2.45. The fraction of sp³-hybridized carbons (Fsp3) is 0.143. The van der Waals surface area contributed by atoms with Gasteiger partial charge in [-0.1, -0.05) is 125 Å². The van der Waals surface area contributed by atoms with Crippen LogP contribution in [0.2, 0.25) is 0 Å². The molecule has 10 rings (SSSR count). The normalized spacial score (nSPS) is 15.1. The first kappa shape index (κ1) is 30.7. The molecule has 3 aliphatic rings. The summed E-state index contributed by atoms with van der Waals surface area (Å²) in [6, 6.07) is 55.5. The van der Waals surface area contributed by atoms with E-state index in [4.69, 9.17) is 4.74 Å².